The molecule has 0 saturated carbocycles. The average molecular weight is 1040 g/mol. The van der Waals surface area contributed by atoms with Gasteiger partial charge < -0.3 is 34.3 Å². The maximum Gasteiger partial charge on any atom is 0.241 e. The van der Waals surface area contributed by atoms with Crippen molar-refractivity contribution in [3.05, 3.63) is 232 Å². The van der Waals surface area contributed by atoms with Gasteiger partial charge in [-0.1, -0.05) is 127 Å². The number of carbonyl (C=O) groups excluding carboxylic acids is 4. The topological polar surface area (TPSA) is 172 Å². The number of phenols is 1. The molecule has 4 amide bonds. The van der Waals surface area contributed by atoms with E-state index in [2.05, 4.69) is 0 Å². The highest BCUT2D eigenvalue weighted by molar-refractivity contribution is 6.24. The van der Waals surface area contributed by atoms with Gasteiger partial charge in [0, 0.05) is 11.8 Å². The molecule has 2 fully saturated rings. The van der Waals surface area contributed by atoms with Gasteiger partial charge >= 0.3 is 0 Å². The molecule has 13 heteroatoms. The lowest BCUT2D eigenvalue weighted by molar-refractivity contribution is -0.149. The molecule has 0 aromatic heterocycles. The molecule has 6 atom stereocenters. The van der Waals surface area contributed by atoms with Gasteiger partial charge in [0.2, 0.25) is 23.6 Å². The number of nitrogens with zero attached hydrogens (tertiary/aromatic N) is 2. The van der Waals surface area contributed by atoms with Crippen molar-refractivity contribution in [2.24, 2.45) is 23.7 Å². The molecule has 0 radical (unpaired) electrons. The van der Waals surface area contributed by atoms with Crippen molar-refractivity contribution in [1.82, 2.24) is 0 Å². The zero-order valence-electron chi connectivity index (χ0n) is 42.3. The maximum absolute atomic E-state index is 14.8. The highest BCUT2D eigenvalue weighted by Gasteiger charge is 2.71. The number of phenolic OH excluding ortho intramolecular Hbond substituents is 1. The third-order valence-corrected chi connectivity index (χ3v) is 17.2. The van der Waals surface area contributed by atoms with Crippen LogP contribution in [0.3, 0.4) is 0 Å². The number of aromatic hydroxyl groups is 1. The molecule has 388 valence electrons. The Kier molecular flexibility index (Phi) is 11.1. The number of rotatable bonds is 14. The molecule has 3 N–H and O–H groups in total. The third kappa shape index (κ3) is 6.94. The van der Waals surface area contributed by atoms with Crippen molar-refractivity contribution in [2.45, 2.75) is 42.2 Å². The molecule has 0 spiro atoms. The number of aliphatic hydroxyl groups excluding tert-OH is 2. The zero-order valence-corrected chi connectivity index (χ0v) is 42.3. The number of amides is 4. The summed E-state index contributed by atoms with van der Waals surface area (Å²) < 4.78 is 26.3. The molecule has 8 aromatic carbocycles. The average Bonchev–Trinajstić information content (AvgIpc) is 2.60. The van der Waals surface area contributed by atoms with Gasteiger partial charge in [-0.3, -0.25) is 19.2 Å². The van der Waals surface area contributed by atoms with Crippen LogP contribution >= 0.6 is 0 Å². The summed E-state index contributed by atoms with van der Waals surface area (Å²) >= 11 is 0. The predicted molar refractivity (Wildman–Crippen MR) is 288 cm³/mol. The van der Waals surface area contributed by atoms with Gasteiger partial charge in [0.15, 0.2) is 0 Å². The summed E-state index contributed by atoms with van der Waals surface area (Å²) in [5.74, 6) is -4.41. The second-order valence-electron chi connectivity index (χ2n) is 21.4. The Morgan fingerprint density at radius 2 is 0.821 bits per heavy atom. The summed E-state index contributed by atoms with van der Waals surface area (Å²) in [5.41, 5.74) is 5.94. The van der Waals surface area contributed by atoms with Crippen molar-refractivity contribution < 1.29 is 53.4 Å². The lowest BCUT2D eigenvalue weighted by Gasteiger charge is -2.53. The number of hydrogen-bond acceptors (Lipinski definition) is 11. The van der Waals surface area contributed by atoms with Crippen molar-refractivity contribution in [3.63, 3.8) is 0 Å². The molecule has 2 aliphatic heterocycles. The molecule has 2 saturated heterocycles. The van der Waals surface area contributed by atoms with Gasteiger partial charge in [-0.25, -0.2) is 9.80 Å². The van der Waals surface area contributed by atoms with Crippen LogP contribution in [0.2, 0.25) is 0 Å². The minimum Gasteiger partial charge on any atom is -0.508 e. The summed E-state index contributed by atoms with van der Waals surface area (Å²) in [6.07, 6.45) is -2.28. The predicted octanol–water partition coefficient (Wildman–Crippen LogP) is 8.78. The normalized spacial score (nSPS) is 25.5. The van der Waals surface area contributed by atoms with Gasteiger partial charge in [-0.15, -0.1) is 0 Å². The fraction of sp³-hybridized carbons (Fsp3) is 0.231. The van der Waals surface area contributed by atoms with Crippen molar-refractivity contribution in [3.8, 4) is 17.2 Å². The van der Waals surface area contributed by atoms with Gasteiger partial charge in [0.05, 0.1) is 48.3 Å². The number of imide groups is 2. The molecule has 6 unspecified atom stereocenters. The minimum absolute atomic E-state index is 0.0133. The number of carbonyl (C=O) groups is 4. The minimum atomic E-state index is -1.40. The molecule has 8 aliphatic rings. The first-order chi connectivity index (χ1) is 38.0. The number of ether oxygens (including phenoxy) is 4. The van der Waals surface area contributed by atoms with E-state index in [0.717, 1.165) is 60.8 Å². The molecule has 6 aliphatic carbocycles. The van der Waals surface area contributed by atoms with Crippen LogP contribution in [0.1, 0.15) is 61.9 Å². The van der Waals surface area contributed by atoms with E-state index in [9.17, 15) is 34.5 Å². The standard InChI is InChI=1S/C65H52N2O11/c1-36-18-22-39(23-19-36)66-60(71)56-54-46-10-2-6-14-50(46)64(58(56)62(66)73,51-15-7-3-11-47(51)54)77-34-42(69)32-75-44-28-20-37-21-29-45(31-38(37)30-44)76-33-43(70)35-78-65-52-16-8-4-12-48(52)55(49-13-5-9-17-53(49)65)57-59(65)63(74)67(61(57)72)40-24-26-41(68)27-25-40/h2-31,42-43,54-59,68-70H,32-35H2,1H3. The van der Waals surface area contributed by atoms with E-state index in [4.69, 9.17) is 18.9 Å². The summed E-state index contributed by atoms with van der Waals surface area (Å²) in [4.78, 5) is 61.1. The molecule has 16 rings (SSSR count). The monoisotopic (exact) mass is 1040 g/mol. The maximum atomic E-state index is 14.8. The van der Waals surface area contributed by atoms with Crippen LogP contribution in [0.25, 0.3) is 10.8 Å². The number of hydrogen-bond donors (Lipinski definition) is 3. The SMILES string of the molecule is Cc1ccc(N2C(=O)C3C4c5ccccc5C(OCC(O)COc5ccc6ccc(OCC(O)COC78c9ccccc9C(c9ccccc97)C7C(=O)N(c9ccc(O)cc9)C(=O)C78)cc6c5)(c5ccccc54)C3C2=O)cc1. The fourth-order valence-electron chi connectivity index (χ4n) is 14.0. The number of aliphatic hydroxyl groups is 2. The quantitative estimate of drug-likeness (QED) is 0.0890. The molecule has 78 heavy (non-hydrogen) atoms. The van der Waals surface area contributed by atoms with E-state index in [-0.39, 0.29) is 55.8 Å². The number of aryl methyl sites for hydroxylation is 1. The van der Waals surface area contributed by atoms with Gasteiger partial charge in [-0.05, 0) is 123 Å². The largest absolute Gasteiger partial charge is 0.508 e. The summed E-state index contributed by atoms with van der Waals surface area (Å²) in [7, 11) is 0. The lowest BCUT2D eigenvalue weighted by atomic mass is 9.52. The van der Waals surface area contributed by atoms with Gasteiger partial charge in [-0.2, -0.15) is 0 Å². The molecular weight excluding hydrogens is 985 g/mol. The highest BCUT2D eigenvalue weighted by Crippen LogP contribution is 2.66. The van der Waals surface area contributed by atoms with Crippen LogP contribution in [0.5, 0.6) is 17.2 Å². The Bertz CT molecular complexity index is 3450. The van der Waals surface area contributed by atoms with Crippen LogP contribution in [0.4, 0.5) is 11.4 Å². The molecule has 13 nitrogen and oxygen atoms in total. The molecular formula is C65H52N2O11. The number of fused-ring (bicyclic) bond motifs is 1. The summed E-state index contributed by atoms with van der Waals surface area (Å²) in [5, 5.41) is 35.0. The highest BCUT2D eigenvalue weighted by atomic mass is 16.5. The van der Waals surface area contributed by atoms with Crippen LogP contribution < -0.4 is 19.3 Å². The van der Waals surface area contributed by atoms with Crippen LogP contribution in [-0.2, 0) is 39.9 Å². The van der Waals surface area contributed by atoms with Crippen LogP contribution in [0, 0.1) is 30.6 Å². The van der Waals surface area contributed by atoms with E-state index in [1.165, 1.54) is 21.9 Å². The van der Waals surface area contributed by atoms with Crippen molar-refractivity contribution in [2.75, 3.05) is 36.2 Å². The summed E-state index contributed by atoms with van der Waals surface area (Å²) in [6.45, 7) is 1.24. The lowest BCUT2D eigenvalue weighted by Crippen LogP contribution is -2.55. The Morgan fingerprint density at radius 1 is 0.449 bits per heavy atom. The van der Waals surface area contributed by atoms with E-state index < -0.39 is 58.9 Å². The van der Waals surface area contributed by atoms with Crippen LogP contribution in [0.15, 0.2) is 182 Å². The first-order valence-corrected chi connectivity index (χ1v) is 26.4. The molecule has 8 aromatic rings. The first-order valence-electron chi connectivity index (χ1n) is 26.4. The Balaban J connectivity index is 0.676. The number of benzene rings is 8. The smallest absolute Gasteiger partial charge is 0.241 e. The Hall–Kier alpha value is -8.46. The van der Waals surface area contributed by atoms with E-state index in [0.29, 0.717) is 22.9 Å². The van der Waals surface area contributed by atoms with Crippen molar-refractivity contribution in [1.29, 1.82) is 0 Å². The zero-order chi connectivity index (χ0) is 53.2. The second-order valence-corrected chi connectivity index (χ2v) is 21.4. The van der Waals surface area contributed by atoms with E-state index in [1.54, 1.807) is 30.3 Å². The third-order valence-electron chi connectivity index (χ3n) is 17.2. The second kappa shape index (κ2) is 18.1. The van der Waals surface area contributed by atoms with Crippen LogP contribution in [-0.4, -0.2) is 77.6 Å². The van der Waals surface area contributed by atoms with Crippen molar-refractivity contribution >= 4 is 45.8 Å². The first kappa shape index (κ1) is 48.0. The molecule has 2 heterocycles. The number of anilines is 2. The van der Waals surface area contributed by atoms with Gasteiger partial charge in [0.1, 0.15) is 53.9 Å². The summed E-state index contributed by atoms with van der Waals surface area (Å²) in [6, 6.07) is 55.6. The van der Waals surface area contributed by atoms with Gasteiger partial charge in [0.25, 0.3) is 0 Å². The van der Waals surface area contributed by atoms with E-state index in [1.807, 2.05) is 146 Å². The Labute approximate surface area is 448 Å². The molecule has 4 bridgehead atoms. The fourth-order valence-corrected chi connectivity index (χ4v) is 14.0. The van der Waals surface area contributed by atoms with E-state index >= 15 is 0 Å². The Morgan fingerprint density at radius 3 is 1.22 bits per heavy atom.